The smallest absolute Gasteiger partial charge is 0.284 e. The first-order chi connectivity index (χ1) is 12.4. The summed E-state index contributed by atoms with van der Waals surface area (Å²) in [7, 11) is -3.82. The topological polar surface area (TPSA) is 67.8 Å². The van der Waals surface area contributed by atoms with Crippen LogP contribution < -0.4 is 10.1 Å². The van der Waals surface area contributed by atoms with E-state index in [-0.39, 0.29) is 10.1 Å². The lowest BCUT2D eigenvalue weighted by Gasteiger charge is -2.09. The third-order valence-electron chi connectivity index (χ3n) is 3.38. The van der Waals surface area contributed by atoms with E-state index in [1.807, 2.05) is 0 Å². The second-order valence-corrected chi connectivity index (χ2v) is 8.22. The minimum atomic E-state index is -3.82. The molecule has 5 nitrogen and oxygen atoms in total. The first-order valence-corrected chi connectivity index (χ1v) is 11.1. The molecule has 0 aliphatic heterocycles. The van der Waals surface area contributed by atoms with Crippen LogP contribution in [0.15, 0.2) is 57.8 Å². The standard InChI is InChI=1S/C18H21ClN2O3S2/c1-3-4-13-24-16-9-11-17(12-10-16)26(22,23)21-18(25-2)20-15-7-5-14(19)6-8-15/h5-12H,3-4,13H2,1-2H3,(H,20,21). The predicted molar refractivity (Wildman–Crippen MR) is 110 cm³/mol. The number of halogens is 1. The molecule has 0 radical (unpaired) electrons. The van der Waals surface area contributed by atoms with Crippen molar-refractivity contribution in [2.75, 3.05) is 18.2 Å². The molecule has 0 heterocycles. The fourth-order valence-electron chi connectivity index (χ4n) is 1.97. The van der Waals surface area contributed by atoms with Crippen LogP contribution in [0.5, 0.6) is 5.75 Å². The predicted octanol–water partition coefficient (Wildman–Crippen LogP) is 5.04. The number of sulfonamides is 1. The first-order valence-electron chi connectivity index (χ1n) is 8.09. The van der Waals surface area contributed by atoms with Crippen molar-refractivity contribution in [1.82, 2.24) is 0 Å². The molecule has 0 bridgehead atoms. The average molecular weight is 413 g/mol. The summed E-state index contributed by atoms with van der Waals surface area (Å²) in [5.41, 5.74) is 0.706. The fourth-order valence-corrected chi connectivity index (χ4v) is 3.76. The van der Waals surface area contributed by atoms with Gasteiger partial charge in [0.2, 0.25) is 0 Å². The maximum absolute atomic E-state index is 12.5. The highest BCUT2D eigenvalue weighted by Gasteiger charge is 2.15. The average Bonchev–Trinajstić information content (AvgIpc) is 2.63. The number of ether oxygens (including phenoxy) is 1. The van der Waals surface area contributed by atoms with Gasteiger partial charge in [-0.2, -0.15) is 8.42 Å². The highest BCUT2D eigenvalue weighted by Crippen LogP contribution is 2.20. The van der Waals surface area contributed by atoms with Gasteiger partial charge in [-0.25, -0.2) is 0 Å². The highest BCUT2D eigenvalue weighted by atomic mass is 35.5. The molecule has 2 aromatic rings. The zero-order valence-corrected chi connectivity index (χ0v) is 17.0. The second kappa shape index (κ2) is 9.85. The van der Waals surface area contributed by atoms with Crippen molar-refractivity contribution in [1.29, 1.82) is 0 Å². The first kappa shape index (κ1) is 20.6. The summed E-state index contributed by atoms with van der Waals surface area (Å²) in [6.07, 6.45) is 3.75. The minimum absolute atomic E-state index is 0.116. The Kier molecular flexibility index (Phi) is 7.81. The number of nitrogens with zero attached hydrogens (tertiary/aromatic N) is 1. The van der Waals surface area contributed by atoms with Crippen LogP contribution in [0.2, 0.25) is 5.02 Å². The lowest BCUT2D eigenvalue weighted by atomic mass is 10.3. The van der Waals surface area contributed by atoms with Gasteiger partial charge < -0.3 is 10.1 Å². The Morgan fingerprint density at radius 3 is 2.38 bits per heavy atom. The van der Waals surface area contributed by atoms with Crippen molar-refractivity contribution in [3.8, 4) is 5.75 Å². The SMILES string of the molecule is CCCCOc1ccc(S(=O)(=O)/N=C(/Nc2ccc(Cl)cc2)SC)cc1. The number of nitrogens with one attached hydrogen (secondary N) is 1. The summed E-state index contributed by atoms with van der Waals surface area (Å²) in [6.45, 7) is 2.70. The summed E-state index contributed by atoms with van der Waals surface area (Å²) in [5.74, 6) is 0.644. The third kappa shape index (κ3) is 6.23. The molecule has 0 amide bonds. The molecule has 0 spiro atoms. The van der Waals surface area contributed by atoms with Crippen molar-refractivity contribution in [3.05, 3.63) is 53.6 Å². The Morgan fingerprint density at radius 2 is 1.81 bits per heavy atom. The maximum atomic E-state index is 12.5. The number of hydrogen-bond acceptors (Lipinski definition) is 4. The number of rotatable bonds is 7. The van der Waals surface area contributed by atoms with Gasteiger partial charge in [0.25, 0.3) is 10.0 Å². The summed E-state index contributed by atoms with van der Waals surface area (Å²) in [5, 5.41) is 3.86. The Morgan fingerprint density at radius 1 is 1.15 bits per heavy atom. The van der Waals surface area contributed by atoms with Crippen molar-refractivity contribution in [2.45, 2.75) is 24.7 Å². The largest absolute Gasteiger partial charge is 0.494 e. The van der Waals surface area contributed by atoms with Gasteiger partial charge in [-0.05, 0) is 61.2 Å². The van der Waals surface area contributed by atoms with Gasteiger partial charge in [0.05, 0.1) is 11.5 Å². The second-order valence-electron chi connectivity index (χ2n) is 5.38. The Hall–Kier alpha value is -1.70. The zero-order valence-electron chi connectivity index (χ0n) is 14.6. The quantitative estimate of drug-likeness (QED) is 0.392. The number of amidine groups is 1. The molecule has 0 fully saturated rings. The summed E-state index contributed by atoms with van der Waals surface area (Å²) in [6, 6.07) is 13.2. The fraction of sp³-hybridized carbons (Fsp3) is 0.278. The number of thioether (sulfide) groups is 1. The normalized spacial score (nSPS) is 12.0. The van der Waals surface area contributed by atoms with E-state index in [0.717, 1.165) is 12.8 Å². The Balaban J connectivity index is 2.13. The van der Waals surface area contributed by atoms with Gasteiger partial charge in [-0.3, -0.25) is 0 Å². The lowest BCUT2D eigenvalue weighted by Crippen LogP contribution is -2.11. The van der Waals surface area contributed by atoms with Gasteiger partial charge >= 0.3 is 0 Å². The molecule has 0 saturated heterocycles. The van der Waals surface area contributed by atoms with E-state index in [2.05, 4.69) is 16.6 Å². The molecule has 0 aliphatic rings. The van der Waals surface area contributed by atoms with Crippen LogP contribution >= 0.6 is 23.4 Å². The van der Waals surface area contributed by atoms with Crippen LogP contribution in [0, 0.1) is 0 Å². The van der Waals surface area contributed by atoms with E-state index in [4.69, 9.17) is 16.3 Å². The molecule has 0 atom stereocenters. The van der Waals surface area contributed by atoms with E-state index >= 15 is 0 Å². The maximum Gasteiger partial charge on any atom is 0.284 e. The van der Waals surface area contributed by atoms with Crippen molar-refractivity contribution >= 4 is 44.2 Å². The summed E-state index contributed by atoms with van der Waals surface area (Å²) < 4.78 is 34.5. The number of hydrogen-bond donors (Lipinski definition) is 1. The van der Waals surface area contributed by atoms with Gasteiger partial charge in [0.15, 0.2) is 5.17 Å². The van der Waals surface area contributed by atoms with Crippen LogP contribution in [0.1, 0.15) is 19.8 Å². The van der Waals surface area contributed by atoms with Crippen LogP contribution in [0.4, 0.5) is 5.69 Å². The monoisotopic (exact) mass is 412 g/mol. The molecule has 0 unspecified atom stereocenters. The molecule has 1 N–H and O–H groups in total. The molecular weight excluding hydrogens is 392 g/mol. The van der Waals surface area contributed by atoms with Crippen LogP contribution in [0.3, 0.4) is 0 Å². The molecule has 26 heavy (non-hydrogen) atoms. The van der Waals surface area contributed by atoms with Crippen molar-refractivity contribution in [2.24, 2.45) is 4.40 Å². The van der Waals surface area contributed by atoms with E-state index in [0.29, 0.717) is 23.1 Å². The molecule has 0 aliphatic carbocycles. The number of anilines is 1. The lowest BCUT2D eigenvalue weighted by molar-refractivity contribution is 0.309. The van der Waals surface area contributed by atoms with Crippen LogP contribution in [0.25, 0.3) is 0 Å². The van der Waals surface area contributed by atoms with E-state index < -0.39 is 10.0 Å². The summed E-state index contributed by atoms with van der Waals surface area (Å²) in [4.78, 5) is 0.116. The number of unbranched alkanes of at least 4 members (excludes halogenated alkanes) is 1. The molecule has 140 valence electrons. The summed E-state index contributed by atoms with van der Waals surface area (Å²) >= 11 is 7.06. The van der Waals surface area contributed by atoms with Gasteiger partial charge in [-0.15, -0.1) is 4.40 Å². The van der Waals surface area contributed by atoms with Crippen LogP contribution in [-0.2, 0) is 10.0 Å². The van der Waals surface area contributed by atoms with E-state index in [1.54, 1.807) is 42.7 Å². The Labute approximate surface area is 163 Å². The van der Waals surface area contributed by atoms with Crippen molar-refractivity contribution < 1.29 is 13.2 Å². The highest BCUT2D eigenvalue weighted by molar-refractivity contribution is 8.14. The molecule has 0 saturated carbocycles. The molecular formula is C18H21ClN2O3S2. The van der Waals surface area contributed by atoms with E-state index in [9.17, 15) is 8.42 Å². The number of benzene rings is 2. The molecule has 0 aromatic heterocycles. The zero-order chi connectivity index (χ0) is 19.0. The molecule has 2 rings (SSSR count). The molecule has 8 heteroatoms. The van der Waals surface area contributed by atoms with Crippen molar-refractivity contribution in [3.63, 3.8) is 0 Å². The van der Waals surface area contributed by atoms with Crippen LogP contribution in [-0.4, -0.2) is 26.4 Å². The van der Waals surface area contributed by atoms with Gasteiger partial charge in [-0.1, -0.05) is 36.7 Å². The Bertz CT molecular complexity index is 836. The van der Waals surface area contributed by atoms with Gasteiger partial charge in [0, 0.05) is 10.7 Å². The minimum Gasteiger partial charge on any atom is -0.494 e. The van der Waals surface area contributed by atoms with Gasteiger partial charge in [0.1, 0.15) is 5.75 Å². The molecule has 2 aromatic carbocycles. The van der Waals surface area contributed by atoms with E-state index in [1.165, 1.54) is 23.9 Å². The third-order valence-corrected chi connectivity index (χ3v) is 5.62.